The van der Waals surface area contributed by atoms with Crippen LogP contribution in [0.5, 0.6) is 11.5 Å². The Bertz CT molecular complexity index is 2080. The lowest BCUT2D eigenvalue weighted by molar-refractivity contribution is -0.0363. The molecular formula is C42H54Cl2N4O5SSi2. The molecule has 0 aliphatic rings. The smallest absolute Gasteiger partial charge is 0.192 e. The lowest BCUT2D eigenvalue weighted by Gasteiger charge is -2.41. The van der Waals surface area contributed by atoms with E-state index in [0.29, 0.717) is 58.1 Å². The highest BCUT2D eigenvalue weighted by Crippen LogP contribution is 2.43. The summed E-state index contributed by atoms with van der Waals surface area (Å²) in [5.41, 5.74) is 3.09. The van der Waals surface area contributed by atoms with Gasteiger partial charge < -0.3 is 23.5 Å². The van der Waals surface area contributed by atoms with Gasteiger partial charge in [0.1, 0.15) is 35.6 Å². The van der Waals surface area contributed by atoms with Gasteiger partial charge >= 0.3 is 0 Å². The number of rotatable bonds is 15. The number of aromatic nitrogens is 4. The fraction of sp³-hybridized carbons (Fsp3) is 0.405. The van der Waals surface area contributed by atoms with Crippen LogP contribution in [-0.4, -0.2) is 67.3 Å². The zero-order chi connectivity index (χ0) is 41.0. The van der Waals surface area contributed by atoms with Crippen molar-refractivity contribution in [3.63, 3.8) is 0 Å². The molecule has 2 aromatic heterocycles. The highest BCUT2D eigenvalue weighted by atomic mass is 35.5. The Kier molecular flexibility index (Phi) is 14.1. The molecule has 2 heterocycles. The van der Waals surface area contributed by atoms with Crippen LogP contribution in [0, 0.1) is 5.41 Å². The van der Waals surface area contributed by atoms with E-state index < -0.39 is 23.5 Å². The number of thioether (sulfide) groups is 1. The van der Waals surface area contributed by atoms with Gasteiger partial charge in [-0.1, -0.05) is 119 Å². The van der Waals surface area contributed by atoms with E-state index in [1.165, 1.54) is 11.8 Å². The van der Waals surface area contributed by atoms with E-state index >= 15 is 0 Å². The van der Waals surface area contributed by atoms with Crippen molar-refractivity contribution in [1.29, 1.82) is 0 Å². The summed E-state index contributed by atoms with van der Waals surface area (Å²) >= 11 is 15.6. The number of imidazole rings is 1. The van der Waals surface area contributed by atoms with E-state index in [1.807, 2.05) is 60.9 Å². The van der Waals surface area contributed by atoms with Gasteiger partial charge in [-0.3, -0.25) is 0 Å². The highest BCUT2D eigenvalue weighted by Gasteiger charge is 2.41. The summed E-state index contributed by atoms with van der Waals surface area (Å²) in [6.45, 7) is 22.6. The van der Waals surface area contributed by atoms with Crippen molar-refractivity contribution in [2.45, 2.75) is 96.7 Å². The predicted molar refractivity (Wildman–Crippen MR) is 235 cm³/mol. The molecule has 0 aliphatic heterocycles. The first kappa shape index (κ1) is 43.8. The quantitative estimate of drug-likeness (QED) is 0.0477. The van der Waals surface area contributed by atoms with Crippen molar-refractivity contribution < 1.29 is 23.5 Å². The molecule has 14 heteroatoms. The monoisotopic (exact) mass is 852 g/mol. The summed E-state index contributed by atoms with van der Waals surface area (Å²) in [4.78, 5) is 14.0. The topological polar surface area (TPSA) is 101 Å². The molecule has 1 N–H and O–H groups in total. The molecule has 5 aromatic rings. The SMILES string of the molecule is CSc1nccc(-c2c(-c3cccc(OCc4ccccc4)c3)nc(-c3c(Cl)cc(OC(CO[Si](C)(C)C(C)(C)C)C(O[SiH](C)C)C(C)(C)C)cc3Cl)n2O)n1. The van der Waals surface area contributed by atoms with Gasteiger partial charge in [0.2, 0.25) is 0 Å². The van der Waals surface area contributed by atoms with Crippen LogP contribution in [0.25, 0.3) is 34.0 Å². The molecular weight excluding hydrogens is 800 g/mol. The maximum Gasteiger partial charge on any atom is 0.192 e. The first-order chi connectivity index (χ1) is 26.3. The molecule has 0 aliphatic carbocycles. The summed E-state index contributed by atoms with van der Waals surface area (Å²) in [6.07, 6.45) is 2.83. The summed E-state index contributed by atoms with van der Waals surface area (Å²) in [5.74, 6) is 1.23. The fourth-order valence-electron chi connectivity index (χ4n) is 5.89. The van der Waals surface area contributed by atoms with E-state index in [2.05, 4.69) is 72.7 Å². The van der Waals surface area contributed by atoms with Crippen molar-refractivity contribution >= 4 is 52.3 Å². The summed E-state index contributed by atoms with van der Waals surface area (Å²) in [7, 11) is -3.62. The molecule has 300 valence electrons. The molecule has 0 saturated heterocycles. The largest absolute Gasteiger partial charge is 0.489 e. The molecule has 0 saturated carbocycles. The second-order valence-corrected chi connectivity index (χ2v) is 25.4. The molecule has 0 amide bonds. The number of ether oxygens (including phenoxy) is 2. The molecule has 9 nitrogen and oxygen atoms in total. The Balaban J connectivity index is 1.57. The Morgan fingerprint density at radius 2 is 1.57 bits per heavy atom. The zero-order valence-corrected chi connectivity index (χ0v) is 38.7. The molecule has 3 aromatic carbocycles. The van der Waals surface area contributed by atoms with E-state index in [9.17, 15) is 5.21 Å². The van der Waals surface area contributed by atoms with E-state index in [4.69, 9.17) is 51.5 Å². The number of hydrogen-bond donors (Lipinski definition) is 1. The molecule has 0 spiro atoms. The van der Waals surface area contributed by atoms with Crippen LogP contribution in [0.2, 0.25) is 41.3 Å². The Morgan fingerprint density at radius 1 is 0.893 bits per heavy atom. The van der Waals surface area contributed by atoms with Gasteiger partial charge in [0.25, 0.3) is 0 Å². The third kappa shape index (κ3) is 10.6. The van der Waals surface area contributed by atoms with Crippen LogP contribution in [0.4, 0.5) is 0 Å². The minimum Gasteiger partial charge on any atom is -0.489 e. The maximum absolute atomic E-state index is 12.0. The molecule has 2 unspecified atom stereocenters. The molecule has 0 bridgehead atoms. The minimum absolute atomic E-state index is 0.0137. The molecule has 0 fully saturated rings. The lowest BCUT2D eigenvalue weighted by atomic mass is 9.86. The predicted octanol–water partition coefficient (Wildman–Crippen LogP) is 11.7. The van der Waals surface area contributed by atoms with Crippen LogP contribution < -0.4 is 9.47 Å². The highest BCUT2D eigenvalue weighted by molar-refractivity contribution is 7.98. The van der Waals surface area contributed by atoms with Crippen molar-refractivity contribution in [3.8, 4) is 45.5 Å². The summed E-state index contributed by atoms with van der Waals surface area (Å²) in [6, 6.07) is 22.6. The maximum atomic E-state index is 12.0. The standard InChI is InChI=1S/C42H54Cl2N4O5SSi2/c1-41(2,3)38(53-55(8)9)34(26-51-56(10,11)42(4,5)6)52-30-23-31(43)35(32(44)24-30)39-47-36(37(48(39)49)33-20-21-45-40(46-33)54-7)28-18-15-19-29(22-28)50-25-27-16-13-12-14-17-27/h12-24,34,38,49,55H,25-26H2,1-11H3. The second kappa shape index (κ2) is 18.1. The van der Waals surface area contributed by atoms with Crippen LogP contribution in [0.3, 0.4) is 0 Å². The average molecular weight is 854 g/mol. The Labute approximate surface area is 348 Å². The average Bonchev–Trinajstić information content (AvgIpc) is 3.47. The second-order valence-electron chi connectivity index (χ2n) is 16.6. The fourth-order valence-corrected chi connectivity index (χ4v) is 9.07. The third-order valence-corrected chi connectivity index (χ3v) is 16.3. The molecule has 5 rings (SSSR count). The van der Waals surface area contributed by atoms with Crippen LogP contribution in [0.1, 0.15) is 47.1 Å². The van der Waals surface area contributed by atoms with E-state index in [1.54, 1.807) is 24.4 Å². The van der Waals surface area contributed by atoms with Crippen molar-refractivity contribution in [1.82, 2.24) is 19.7 Å². The first-order valence-electron chi connectivity index (χ1n) is 18.7. The number of benzene rings is 3. The van der Waals surface area contributed by atoms with Gasteiger partial charge in [-0.2, -0.15) is 4.73 Å². The van der Waals surface area contributed by atoms with Gasteiger partial charge in [-0.15, -0.1) is 0 Å². The molecule has 56 heavy (non-hydrogen) atoms. The lowest BCUT2D eigenvalue weighted by Crippen LogP contribution is -2.51. The third-order valence-electron chi connectivity index (χ3n) is 9.82. The van der Waals surface area contributed by atoms with Gasteiger partial charge in [-0.25, -0.2) is 15.0 Å². The van der Waals surface area contributed by atoms with Crippen molar-refractivity contribution in [2.24, 2.45) is 5.41 Å². The number of nitrogens with zero attached hydrogens (tertiary/aromatic N) is 4. The van der Waals surface area contributed by atoms with Crippen molar-refractivity contribution in [2.75, 3.05) is 12.9 Å². The van der Waals surface area contributed by atoms with Crippen molar-refractivity contribution in [3.05, 3.63) is 94.6 Å². The van der Waals surface area contributed by atoms with Gasteiger partial charge in [0, 0.05) is 11.8 Å². The normalized spacial score (nSPS) is 13.5. The molecule has 2 atom stereocenters. The summed E-state index contributed by atoms with van der Waals surface area (Å²) in [5, 5.41) is 13.0. The minimum atomic E-state index is -2.13. The first-order valence-corrected chi connectivity index (χ1v) is 26.4. The zero-order valence-electron chi connectivity index (χ0n) is 34.2. The van der Waals surface area contributed by atoms with Gasteiger partial charge in [-0.05, 0) is 78.8 Å². The van der Waals surface area contributed by atoms with Gasteiger partial charge in [0.05, 0.1) is 34.0 Å². The number of hydrogen-bond acceptors (Lipinski definition) is 9. The van der Waals surface area contributed by atoms with Gasteiger partial charge in [0.15, 0.2) is 28.3 Å². The van der Waals surface area contributed by atoms with Crippen LogP contribution >= 0.6 is 35.0 Å². The summed E-state index contributed by atoms with van der Waals surface area (Å²) < 4.78 is 27.3. The molecule has 0 radical (unpaired) electrons. The van der Waals surface area contributed by atoms with E-state index in [-0.39, 0.29) is 32.4 Å². The number of halogens is 2. The van der Waals surface area contributed by atoms with Crippen LogP contribution in [0.15, 0.2) is 84.1 Å². The Morgan fingerprint density at radius 3 is 2.18 bits per heavy atom. The van der Waals surface area contributed by atoms with Crippen LogP contribution in [-0.2, 0) is 15.5 Å². The van der Waals surface area contributed by atoms with E-state index in [0.717, 1.165) is 10.3 Å². The Hall–Kier alpha value is -3.37.